The number of aromatic carboxylic acids is 1. The van der Waals surface area contributed by atoms with Crippen LogP contribution >= 0.6 is 0 Å². The van der Waals surface area contributed by atoms with Crippen LogP contribution < -0.4 is 10.6 Å². The normalized spacial score (nSPS) is 20.2. The number of hydrogen-bond acceptors (Lipinski definition) is 3. The van der Waals surface area contributed by atoms with E-state index in [-0.39, 0.29) is 11.7 Å². The Morgan fingerprint density at radius 2 is 2.05 bits per heavy atom. The fourth-order valence-corrected chi connectivity index (χ4v) is 2.34. The number of nitrogens with two attached hydrogens (primary N) is 1. The van der Waals surface area contributed by atoms with Crippen molar-refractivity contribution in [1.82, 2.24) is 0 Å². The van der Waals surface area contributed by atoms with E-state index in [1.807, 2.05) is 0 Å². The number of anilines is 1. The van der Waals surface area contributed by atoms with Crippen molar-refractivity contribution in [2.24, 2.45) is 5.73 Å². The van der Waals surface area contributed by atoms with Crippen molar-refractivity contribution < 1.29 is 18.7 Å². The summed E-state index contributed by atoms with van der Waals surface area (Å²) in [5, 5.41) is 8.74. The van der Waals surface area contributed by atoms with E-state index in [9.17, 15) is 13.6 Å². The molecule has 1 saturated heterocycles. The monoisotopic (exact) mass is 270 g/mol. The van der Waals surface area contributed by atoms with Gasteiger partial charge in [-0.1, -0.05) is 6.42 Å². The van der Waals surface area contributed by atoms with Gasteiger partial charge in [-0.2, -0.15) is 0 Å². The van der Waals surface area contributed by atoms with Crippen LogP contribution in [-0.4, -0.2) is 30.2 Å². The fraction of sp³-hybridized carbons (Fsp3) is 0.462. The third-order valence-corrected chi connectivity index (χ3v) is 3.32. The van der Waals surface area contributed by atoms with Crippen molar-refractivity contribution in [3.05, 3.63) is 29.3 Å². The lowest BCUT2D eigenvalue weighted by atomic mass is 10.1. The second-order valence-electron chi connectivity index (χ2n) is 4.79. The minimum Gasteiger partial charge on any atom is -0.478 e. The number of benzene rings is 1. The molecule has 1 aliphatic heterocycles. The Balaban J connectivity index is 2.34. The maximum atomic E-state index is 13.9. The Labute approximate surface area is 109 Å². The molecule has 1 aliphatic rings. The van der Waals surface area contributed by atoms with Gasteiger partial charge in [-0.3, -0.25) is 0 Å². The van der Waals surface area contributed by atoms with Gasteiger partial charge in [-0.15, -0.1) is 0 Å². The van der Waals surface area contributed by atoms with Gasteiger partial charge >= 0.3 is 5.97 Å². The lowest BCUT2D eigenvalue weighted by molar-refractivity contribution is 0.0691. The molecule has 3 N–H and O–H groups in total. The highest BCUT2D eigenvalue weighted by Gasteiger charge is 2.21. The maximum Gasteiger partial charge on any atom is 0.338 e. The Morgan fingerprint density at radius 3 is 2.74 bits per heavy atom. The number of carbonyl (C=O) groups is 1. The van der Waals surface area contributed by atoms with E-state index in [0.29, 0.717) is 13.1 Å². The minimum atomic E-state index is -1.48. The summed E-state index contributed by atoms with van der Waals surface area (Å²) in [5.41, 5.74) is 5.31. The number of rotatable bonds is 2. The van der Waals surface area contributed by atoms with Crippen LogP contribution in [0.1, 0.15) is 29.6 Å². The third kappa shape index (κ3) is 3.01. The van der Waals surface area contributed by atoms with Gasteiger partial charge in [0.05, 0.1) is 11.3 Å². The van der Waals surface area contributed by atoms with E-state index in [0.717, 1.165) is 31.4 Å². The Hall–Kier alpha value is -1.69. The van der Waals surface area contributed by atoms with Gasteiger partial charge in [0.1, 0.15) is 11.6 Å². The second-order valence-corrected chi connectivity index (χ2v) is 4.79. The summed E-state index contributed by atoms with van der Waals surface area (Å²) in [7, 11) is 0. The topological polar surface area (TPSA) is 66.6 Å². The molecule has 1 atom stereocenters. The van der Waals surface area contributed by atoms with Crippen LogP contribution in [0.4, 0.5) is 14.5 Å². The largest absolute Gasteiger partial charge is 0.478 e. The molecular weight excluding hydrogens is 254 g/mol. The molecule has 0 radical (unpaired) electrons. The summed E-state index contributed by atoms with van der Waals surface area (Å²) < 4.78 is 27.6. The summed E-state index contributed by atoms with van der Waals surface area (Å²) in [6.07, 6.45) is 2.66. The Morgan fingerprint density at radius 1 is 1.32 bits per heavy atom. The molecule has 104 valence electrons. The molecule has 1 aromatic rings. The van der Waals surface area contributed by atoms with Crippen molar-refractivity contribution in [2.45, 2.75) is 25.3 Å². The van der Waals surface area contributed by atoms with E-state index in [4.69, 9.17) is 10.8 Å². The third-order valence-electron chi connectivity index (χ3n) is 3.32. The lowest BCUT2D eigenvalue weighted by Gasteiger charge is -2.25. The molecule has 1 aromatic carbocycles. The van der Waals surface area contributed by atoms with E-state index >= 15 is 0 Å². The van der Waals surface area contributed by atoms with Crippen LogP contribution in [0.2, 0.25) is 0 Å². The zero-order valence-corrected chi connectivity index (χ0v) is 10.4. The quantitative estimate of drug-likeness (QED) is 0.862. The molecule has 2 rings (SSSR count). The van der Waals surface area contributed by atoms with Crippen molar-refractivity contribution in [3.8, 4) is 0 Å². The smallest absolute Gasteiger partial charge is 0.338 e. The zero-order chi connectivity index (χ0) is 14.0. The van der Waals surface area contributed by atoms with E-state index in [2.05, 4.69) is 0 Å². The van der Waals surface area contributed by atoms with Gasteiger partial charge < -0.3 is 15.7 Å². The molecule has 19 heavy (non-hydrogen) atoms. The van der Waals surface area contributed by atoms with Gasteiger partial charge in [0.25, 0.3) is 0 Å². The first-order chi connectivity index (χ1) is 8.99. The van der Waals surface area contributed by atoms with Crippen molar-refractivity contribution in [3.63, 3.8) is 0 Å². The SMILES string of the molecule is NC1CCCCN(c2cc(F)c(C(=O)O)cc2F)C1. The Kier molecular flexibility index (Phi) is 3.99. The number of carboxylic acids is 1. The lowest BCUT2D eigenvalue weighted by Crippen LogP contribution is -2.36. The predicted molar refractivity (Wildman–Crippen MR) is 67.4 cm³/mol. The summed E-state index contributed by atoms with van der Waals surface area (Å²) in [6, 6.07) is 1.59. The van der Waals surface area contributed by atoms with Crippen LogP contribution in [0.5, 0.6) is 0 Å². The van der Waals surface area contributed by atoms with Crippen LogP contribution in [0.15, 0.2) is 12.1 Å². The van der Waals surface area contributed by atoms with Crippen LogP contribution in [-0.2, 0) is 0 Å². The second kappa shape index (κ2) is 5.52. The minimum absolute atomic E-state index is 0.0795. The van der Waals surface area contributed by atoms with Crippen LogP contribution in [0.25, 0.3) is 0 Å². The zero-order valence-electron chi connectivity index (χ0n) is 10.4. The van der Waals surface area contributed by atoms with Gasteiger partial charge in [-0.05, 0) is 18.9 Å². The molecule has 0 bridgehead atoms. The van der Waals surface area contributed by atoms with Gasteiger partial charge in [0.15, 0.2) is 0 Å². The first-order valence-corrected chi connectivity index (χ1v) is 6.22. The molecule has 1 heterocycles. The van der Waals surface area contributed by atoms with Gasteiger partial charge in [-0.25, -0.2) is 13.6 Å². The highest BCUT2D eigenvalue weighted by molar-refractivity contribution is 5.88. The standard InChI is InChI=1S/C13H16F2N2O2/c14-10-6-12(11(15)5-9(10)13(18)19)17-4-2-1-3-8(16)7-17/h5-6,8H,1-4,7,16H2,(H,18,19). The molecule has 0 spiro atoms. The average Bonchev–Trinajstić information content (AvgIpc) is 2.56. The summed E-state index contributed by atoms with van der Waals surface area (Å²) in [5.74, 6) is -3.13. The fourth-order valence-electron chi connectivity index (χ4n) is 2.34. The maximum absolute atomic E-state index is 13.9. The predicted octanol–water partition coefficient (Wildman–Crippen LogP) is 1.98. The van der Waals surface area contributed by atoms with Crippen LogP contribution in [0.3, 0.4) is 0 Å². The van der Waals surface area contributed by atoms with Crippen molar-refractivity contribution >= 4 is 11.7 Å². The molecule has 1 fully saturated rings. The number of hydrogen-bond donors (Lipinski definition) is 2. The number of carboxylic acid groups (broad SMARTS) is 1. The molecular formula is C13H16F2N2O2. The summed E-state index contributed by atoms with van der Waals surface area (Å²) >= 11 is 0. The highest BCUT2D eigenvalue weighted by atomic mass is 19.1. The van der Waals surface area contributed by atoms with E-state index in [1.165, 1.54) is 0 Å². The number of halogens is 2. The molecule has 4 nitrogen and oxygen atoms in total. The molecule has 1 unspecified atom stereocenters. The van der Waals surface area contributed by atoms with Crippen molar-refractivity contribution in [2.75, 3.05) is 18.0 Å². The van der Waals surface area contributed by atoms with Gasteiger partial charge in [0, 0.05) is 25.2 Å². The average molecular weight is 270 g/mol. The van der Waals surface area contributed by atoms with E-state index < -0.39 is 23.2 Å². The first kappa shape index (κ1) is 13.7. The van der Waals surface area contributed by atoms with Gasteiger partial charge in [0.2, 0.25) is 0 Å². The summed E-state index contributed by atoms with van der Waals surface area (Å²) in [4.78, 5) is 12.4. The molecule has 0 aromatic heterocycles. The molecule has 0 amide bonds. The highest BCUT2D eigenvalue weighted by Crippen LogP contribution is 2.25. The Bertz CT molecular complexity index is 494. The summed E-state index contributed by atoms with van der Waals surface area (Å²) in [6.45, 7) is 1.04. The van der Waals surface area contributed by atoms with E-state index in [1.54, 1.807) is 4.90 Å². The molecule has 0 saturated carbocycles. The first-order valence-electron chi connectivity index (χ1n) is 6.22. The molecule has 6 heteroatoms. The van der Waals surface area contributed by atoms with Crippen LogP contribution in [0, 0.1) is 11.6 Å². The van der Waals surface area contributed by atoms with Crippen molar-refractivity contribution in [1.29, 1.82) is 0 Å². The molecule has 0 aliphatic carbocycles. The number of nitrogens with zero attached hydrogens (tertiary/aromatic N) is 1.